The molecule has 90 valence electrons. The van der Waals surface area contributed by atoms with Crippen LogP contribution in [0.3, 0.4) is 0 Å². The van der Waals surface area contributed by atoms with E-state index in [1.54, 1.807) is 0 Å². The first-order valence-electron chi connectivity index (χ1n) is 5.94. The van der Waals surface area contributed by atoms with E-state index >= 15 is 0 Å². The number of unbranched alkanes of at least 4 members (excludes halogenated alkanes) is 3. The largest absolute Gasteiger partial charge is 0.464 e. The van der Waals surface area contributed by atoms with Crippen LogP contribution in [0.4, 0.5) is 0 Å². The number of esters is 1. The lowest BCUT2D eigenvalue weighted by Crippen LogP contribution is -2.36. The van der Waals surface area contributed by atoms with Gasteiger partial charge in [-0.15, -0.1) is 0 Å². The Morgan fingerprint density at radius 1 is 1.20 bits per heavy atom. The van der Waals surface area contributed by atoms with Crippen LogP contribution in [0.2, 0.25) is 0 Å². The second-order valence-electron chi connectivity index (χ2n) is 4.22. The minimum atomic E-state index is -1.30. The third kappa shape index (κ3) is 6.50. The highest BCUT2D eigenvalue weighted by Crippen LogP contribution is 2.15. The summed E-state index contributed by atoms with van der Waals surface area (Å²) < 4.78 is 5.02. The Balaban J connectivity index is 3.75. The van der Waals surface area contributed by atoms with E-state index in [0.29, 0.717) is 13.0 Å². The average Bonchev–Trinajstić information content (AvgIpc) is 2.21. The van der Waals surface area contributed by atoms with Gasteiger partial charge in [-0.3, -0.25) is 0 Å². The molecule has 0 rings (SSSR count). The van der Waals surface area contributed by atoms with Crippen molar-refractivity contribution in [1.29, 1.82) is 0 Å². The molecule has 0 aromatic carbocycles. The number of carbonyl (C=O) groups excluding carboxylic acids is 1. The molecule has 0 spiro atoms. The number of ether oxygens (including phenoxy) is 1. The molecular formula is C12H24O3. The van der Waals surface area contributed by atoms with Crippen molar-refractivity contribution in [3.63, 3.8) is 0 Å². The Kier molecular flexibility index (Phi) is 7.39. The molecule has 1 unspecified atom stereocenters. The van der Waals surface area contributed by atoms with Crippen LogP contribution < -0.4 is 0 Å². The molecule has 0 aliphatic heterocycles. The van der Waals surface area contributed by atoms with Crippen molar-refractivity contribution in [3.05, 3.63) is 0 Å². The first kappa shape index (κ1) is 14.4. The Labute approximate surface area is 92.8 Å². The number of hydrogen-bond donors (Lipinski definition) is 1. The van der Waals surface area contributed by atoms with Crippen LogP contribution in [0.1, 0.15) is 59.3 Å². The molecule has 0 heterocycles. The van der Waals surface area contributed by atoms with Gasteiger partial charge in [0.2, 0.25) is 0 Å². The molecule has 0 bridgehead atoms. The van der Waals surface area contributed by atoms with Crippen molar-refractivity contribution >= 4 is 5.97 Å². The maximum atomic E-state index is 11.5. The summed E-state index contributed by atoms with van der Waals surface area (Å²) in [4.78, 5) is 11.5. The van der Waals surface area contributed by atoms with Crippen LogP contribution in [-0.4, -0.2) is 23.3 Å². The van der Waals surface area contributed by atoms with Gasteiger partial charge in [-0.1, -0.05) is 39.5 Å². The van der Waals surface area contributed by atoms with Crippen molar-refractivity contribution in [2.24, 2.45) is 0 Å². The molecule has 0 aliphatic rings. The zero-order valence-corrected chi connectivity index (χ0v) is 10.2. The van der Waals surface area contributed by atoms with Crippen LogP contribution in [-0.2, 0) is 9.53 Å². The van der Waals surface area contributed by atoms with E-state index in [4.69, 9.17) is 4.74 Å². The number of rotatable bonds is 8. The van der Waals surface area contributed by atoms with Crippen LogP contribution >= 0.6 is 0 Å². The van der Waals surface area contributed by atoms with E-state index < -0.39 is 11.6 Å². The first-order chi connectivity index (χ1) is 7.04. The quantitative estimate of drug-likeness (QED) is 0.501. The van der Waals surface area contributed by atoms with Crippen molar-refractivity contribution in [2.45, 2.75) is 64.9 Å². The van der Waals surface area contributed by atoms with Gasteiger partial charge < -0.3 is 9.84 Å². The smallest absolute Gasteiger partial charge is 0.337 e. The standard InChI is InChI=1S/C12H24O3/c1-4-6-8-10-15-11(13)12(3,14)9-7-5-2/h14H,4-10H2,1-3H3. The van der Waals surface area contributed by atoms with Gasteiger partial charge in [-0.2, -0.15) is 0 Å². The molecule has 0 saturated heterocycles. The number of hydrogen-bond acceptors (Lipinski definition) is 3. The van der Waals surface area contributed by atoms with E-state index in [9.17, 15) is 9.90 Å². The highest BCUT2D eigenvalue weighted by molar-refractivity contribution is 5.78. The summed E-state index contributed by atoms with van der Waals surface area (Å²) in [6.45, 7) is 6.08. The van der Waals surface area contributed by atoms with Crippen molar-refractivity contribution in [2.75, 3.05) is 6.61 Å². The second kappa shape index (κ2) is 7.69. The summed E-state index contributed by atoms with van der Waals surface area (Å²) in [5.41, 5.74) is -1.30. The van der Waals surface area contributed by atoms with Crippen molar-refractivity contribution < 1.29 is 14.6 Å². The van der Waals surface area contributed by atoms with E-state index in [-0.39, 0.29) is 0 Å². The summed E-state index contributed by atoms with van der Waals surface area (Å²) in [5.74, 6) is -0.480. The van der Waals surface area contributed by atoms with Gasteiger partial charge in [0.1, 0.15) is 0 Å². The summed E-state index contributed by atoms with van der Waals surface area (Å²) in [6, 6.07) is 0. The highest BCUT2D eigenvalue weighted by Gasteiger charge is 2.30. The normalized spacial score (nSPS) is 14.7. The van der Waals surface area contributed by atoms with Crippen molar-refractivity contribution in [1.82, 2.24) is 0 Å². The van der Waals surface area contributed by atoms with Gasteiger partial charge in [-0.25, -0.2) is 4.79 Å². The topological polar surface area (TPSA) is 46.5 Å². The predicted octanol–water partition coefficient (Wildman–Crippen LogP) is 2.66. The van der Waals surface area contributed by atoms with Gasteiger partial charge in [0, 0.05) is 0 Å². The molecule has 0 aliphatic carbocycles. The molecule has 1 N–H and O–H groups in total. The van der Waals surface area contributed by atoms with Crippen LogP contribution in [0.15, 0.2) is 0 Å². The van der Waals surface area contributed by atoms with Gasteiger partial charge in [0.15, 0.2) is 5.60 Å². The third-order valence-corrected chi connectivity index (χ3v) is 2.44. The average molecular weight is 216 g/mol. The fraction of sp³-hybridized carbons (Fsp3) is 0.917. The maximum Gasteiger partial charge on any atom is 0.337 e. The first-order valence-corrected chi connectivity index (χ1v) is 5.94. The van der Waals surface area contributed by atoms with E-state index in [1.807, 2.05) is 6.92 Å². The van der Waals surface area contributed by atoms with Gasteiger partial charge in [-0.05, 0) is 19.8 Å². The fourth-order valence-corrected chi connectivity index (χ4v) is 1.30. The van der Waals surface area contributed by atoms with Crippen LogP contribution in [0.5, 0.6) is 0 Å². The minimum absolute atomic E-state index is 0.426. The van der Waals surface area contributed by atoms with Crippen LogP contribution in [0, 0.1) is 0 Å². The molecule has 0 fully saturated rings. The third-order valence-electron chi connectivity index (χ3n) is 2.44. The minimum Gasteiger partial charge on any atom is -0.464 e. The second-order valence-corrected chi connectivity index (χ2v) is 4.22. The van der Waals surface area contributed by atoms with E-state index in [2.05, 4.69) is 6.92 Å². The van der Waals surface area contributed by atoms with E-state index in [1.165, 1.54) is 6.92 Å². The lowest BCUT2D eigenvalue weighted by molar-refractivity contribution is -0.164. The summed E-state index contributed by atoms with van der Waals surface area (Å²) in [5, 5.41) is 9.80. The molecule has 3 heteroatoms. The van der Waals surface area contributed by atoms with Gasteiger partial charge in [0.25, 0.3) is 0 Å². The molecule has 15 heavy (non-hydrogen) atoms. The zero-order chi connectivity index (χ0) is 11.7. The van der Waals surface area contributed by atoms with Crippen LogP contribution in [0.25, 0.3) is 0 Å². The molecule has 0 amide bonds. The number of carbonyl (C=O) groups is 1. The monoisotopic (exact) mass is 216 g/mol. The molecule has 0 radical (unpaired) electrons. The lowest BCUT2D eigenvalue weighted by Gasteiger charge is -2.20. The molecule has 3 nitrogen and oxygen atoms in total. The zero-order valence-electron chi connectivity index (χ0n) is 10.2. The molecule has 0 aromatic heterocycles. The number of aliphatic hydroxyl groups is 1. The Morgan fingerprint density at radius 2 is 1.80 bits per heavy atom. The molecule has 0 aromatic rings. The Morgan fingerprint density at radius 3 is 2.33 bits per heavy atom. The Bertz CT molecular complexity index is 176. The van der Waals surface area contributed by atoms with E-state index in [0.717, 1.165) is 32.1 Å². The van der Waals surface area contributed by atoms with Gasteiger partial charge >= 0.3 is 5.97 Å². The van der Waals surface area contributed by atoms with Crippen molar-refractivity contribution in [3.8, 4) is 0 Å². The van der Waals surface area contributed by atoms with Gasteiger partial charge in [0.05, 0.1) is 6.61 Å². The SMILES string of the molecule is CCCCCOC(=O)C(C)(O)CCCC. The summed E-state index contributed by atoms with van der Waals surface area (Å²) >= 11 is 0. The predicted molar refractivity (Wildman–Crippen MR) is 60.6 cm³/mol. The molecule has 0 saturated carbocycles. The lowest BCUT2D eigenvalue weighted by atomic mass is 10.00. The highest BCUT2D eigenvalue weighted by atomic mass is 16.5. The summed E-state index contributed by atoms with van der Waals surface area (Å²) in [6.07, 6.45) is 5.34. The maximum absolute atomic E-state index is 11.5. The fourth-order valence-electron chi connectivity index (χ4n) is 1.30. The Hall–Kier alpha value is -0.570. The molecule has 1 atom stereocenters. The molecular weight excluding hydrogens is 192 g/mol. The summed E-state index contributed by atoms with van der Waals surface area (Å²) in [7, 11) is 0.